The van der Waals surface area contributed by atoms with Crippen LogP contribution in [0.1, 0.15) is 47.0 Å². The molecule has 2 atom stereocenters. The third-order valence-electron chi connectivity index (χ3n) is 2.75. The van der Waals surface area contributed by atoms with Crippen molar-refractivity contribution in [2.75, 3.05) is 0 Å². The Kier molecular flexibility index (Phi) is 3.37. The lowest BCUT2D eigenvalue weighted by Gasteiger charge is -2.06. The largest absolute Gasteiger partial charge is 0.0824 e. The van der Waals surface area contributed by atoms with E-state index < -0.39 is 0 Å². The number of hydrogen-bond donors (Lipinski definition) is 0. The van der Waals surface area contributed by atoms with Crippen molar-refractivity contribution in [3.05, 3.63) is 11.6 Å². The van der Waals surface area contributed by atoms with Crippen molar-refractivity contribution in [3.63, 3.8) is 0 Å². The molecule has 0 aromatic heterocycles. The van der Waals surface area contributed by atoms with Crippen molar-refractivity contribution in [3.8, 4) is 0 Å². The molecule has 1 aliphatic carbocycles. The van der Waals surface area contributed by atoms with Gasteiger partial charge in [-0.15, -0.1) is 0 Å². The third kappa shape index (κ3) is 2.66. The Morgan fingerprint density at radius 2 is 2.08 bits per heavy atom. The lowest BCUT2D eigenvalue weighted by molar-refractivity contribution is 0.476. The summed E-state index contributed by atoms with van der Waals surface area (Å²) in [6.45, 7) is 9.22. The lowest BCUT2D eigenvalue weighted by Crippen LogP contribution is -1.95. The predicted octanol–water partition coefficient (Wildman–Crippen LogP) is 4.02. The Balaban J connectivity index is 2.31. The van der Waals surface area contributed by atoms with Crippen molar-refractivity contribution in [1.29, 1.82) is 0 Å². The van der Waals surface area contributed by atoms with Crippen LogP contribution in [0.2, 0.25) is 0 Å². The van der Waals surface area contributed by atoms with Gasteiger partial charge in [0.25, 0.3) is 0 Å². The van der Waals surface area contributed by atoms with Gasteiger partial charge in [0, 0.05) is 0 Å². The Morgan fingerprint density at radius 1 is 1.42 bits per heavy atom. The van der Waals surface area contributed by atoms with Crippen LogP contribution in [0.25, 0.3) is 0 Å². The van der Waals surface area contributed by atoms with E-state index in [-0.39, 0.29) is 0 Å². The zero-order valence-electron chi connectivity index (χ0n) is 8.93. The van der Waals surface area contributed by atoms with Gasteiger partial charge in [0.05, 0.1) is 0 Å². The fraction of sp³-hybridized carbons (Fsp3) is 0.833. The molecule has 0 bridgehead atoms. The Morgan fingerprint density at radius 3 is 2.58 bits per heavy atom. The molecule has 0 radical (unpaired) electrons. The SMILES string of the molecule is CCCC(C)C1CC1=CC(C)C. The smallest absolute Gasteiger partial charge is 0.0140 e. The van der Waals surface area contributed by atoms with Crippen LogP contribution in [-0.2, 0) is 0 Å². The van der Waals surface area contributed by atoms with E-state index >= 15 is 0 Å². The van der Waals surface area contributed by atoms with E-state index in [0.717, 1.165) is 17.8 Å². The standard InChI is InChI=1S/C12H22/c1-5-6-10(4)12-8-11(12)7-9(2)3/h7,9-10,12H,5-6,8H2,1-4H3. The molecular weight excluding hydrogens is 144 g/mol. The first-order valence-corrected chi connectivity index (χ1v) is 5.35. The minimum atomic E-state index is 0.749. The molecule has 2 unspecified atom stereocenters. The van der Waals surface area contributed by atoms with Crippen molar-refractivity contribution in [2.24, 2.45) is 17.8 Å². The Bertz CT molecular complexity index is 165. The Labute approximate surface area is 77.1 Å². The van der Waals surface area contributed by atoms with Crippen molar-refractivity contribution in [1.82, 2.24) is 0 Å². The van der Waals surface area contributed by atoms with Gasteiger partial charge < -0.3 is 0 Å². The summed E-state index contributed by atoms with van der Waals surface area (Å²) in [7, 11) is 0. The molecule has 1 fully saturated rings. The van der Waals surface area contributed by atoms with E-state index in [0.29, 0.717) is 0 Å². The molecule has 0 spiro atoms. The highest BCUT2D eigenvalue weighted by Gasteiger charge is 2.33. The average Bonchev–Trinajstić information content (AvgIpc) is 2.67. The van der Waals surface area contributed by atoms with Gasteiger partial charge in [0.2, 0.25) is 0 Å². The van der Waals surface area contributed by atoms with Gasteiger partial charge in [-0.3, -0.25) is 0 Å². The summed E-state index contributed by atoms with van der Waals surface area (Å²) < 4.78 is 0. The van der Waals surface area contributed by atoms with E-state index in [1.54, 1.807) is 5.57 Å². The molecule has 0 saturated heterocycles. The number of rotatable bonds is 4. The molecule has 0 aromatic rings. The summed E-state index contributed by atoms with van der Waals surface area (Å²) in [5.74, 6) is 2.63. The molecule has 0 aromatic carbocycles. The summed E-state index contributed by atoms with van der Waals surface area (Å²) in [5.41, 5.74) is 1.73. The Hall–Kier alpha value is -0.260. The number of allylic oxidation sites excluding steroid dienone is 2. The van der Waals surface area contributed by atoms with Gasteiger partial charge in [0.15, 0.2) is 0 Å². The maximum atomic E-state index is 2.46. The third-order valence-corrected chi connectivity index (χ3v) is 2.75. The summed E-state index contributed by atoms with van der Waals surface area (Å²) >= 11 is 0. The fourth-order valence-electron chi connectivity index (χ4n) is 2.04. The summed E-state index contributed by atoms with van der Waals surface area (Å²) in [6.07, 6.45) is 6.59. The highest BCUT2D eigenvalue weighted by Crippen LogP contribution is 2.45. The monoisotopic (exact) mass is 166 g/mol. The second-order valence-corrected chi connectivity index (χ2v) is 4.56. The first-order valence-electron chi connectivity index (χ1n) is 5.35. The normalized spacial score (nSPS) is 28.1. The van der Waals surface area contributed by atoms with Crippen LogP contribution in [0, 0.1) is 17.8 Å². The van der Waals surface area contributed by atoms with Gasteiger partial charge in [-0.05, 0) is 24.2 Å². The van der Waals surface area contributed by atoms with E-state index in [1.165, 1.54) is 19.3 Å². The van der Waals surface area contributed by atoms with Gasteiger partial charge in [-0.25, -0.2) is 0 Å². The molecule has 0 heteroatoms. The summed E-state index contributed by atoms with van der Waals surface area (Å²) in [5, 5.41) is 0. The van der Waals surface area contributed by atoms with Gasteiger partial charge >= 0.3 is 0 Å². The van der Waals surface area contributed by atoms with Gasteiger partial charge in [-0.1, -0.05) is 52.2 Å². The minimum absolute atomic E-state index is 0.749. The lowest BCUT2D eigenvalue weighted by atomic mass is 10.00. The zero-order valence-corrected chi connectivity index (χ0v) is 8.93. The molecule has 1 saturated carbocycles. The molecule has 1 aliphatic rings. The van der Waals surface area contributed by atoms with Gasteiger partial charge in [0.1, 0.15) is 0 Å². The van der Waals surface area contributed by atoms with Crippen LogP contribution < -0.4 is 0 Å². The topological polar surface area (TPSA) is 0 Å². The average molecular weight is 166 g/mol. The van der Waals surface area contributed by atoms with Crippen LogP contribution >= 0.6 is 0 Å². The molecular formula is C12H22. The van der Waals surface area contributed by atoms with Crippen LogP contribution in [0.4, 0.5) is 0 Å². The first kappa shape index (κ1) is 9.83. The van der Waals surface area contributed by atoms with Crippen molar-refractivity contribution in [2.45, 2.75) is 47.0 Å². The molecule has 0 heterocycles. The highest BCUT2D eigenvalue weighted by molar-refractivity contribution is 5.24. The zero-order chi connectivity index (χ0) is 9.14. The second-order valence-electron chi connectivity index (χ2n) is 4.56. The van der Waals surface area contributed by atoms with Crippen LogP contribution in [-0.4, -0.2) is 0 Å². The molecule has 0 nitrogen and oxygen atoms in total. The quantitative estimate of drug-likeness (QED) is 0.553. The molecule has 0 aliphatic heterocycles. The van der Waals surface area contributed by atoms with E-state index in [4.69, 9.17) is 0 Å². The summed E-state index contributed by atoms with van der Waals surface area (Å²) in [6, 6.07) is 0. The van der Waals surface area contributed by atoms with E-state index in [1.807, 2.05) is 0 Å². The van der Waals surface area contributed by atoms with Crippen LogP contribution in [0.5, 0.6) is 0 Å². The second kappa shape index (κ2) is 4.11. The van der Waals surface area contributed by atoms with Gasteiger partial charge in [-0.2, -0.15) is 0 Å². The van der Waals surface area contributed by atoms with Crippen molar-refractivity contribution >= 4 is 0 Å². The number of hydrogen-bond acceptors (Lipinski definition) is 0. The maximum absolute atomic E-state index is 2.46. The van der Waals surface area contributed by atoms with Crippen molar-refractivity contribution < 1.29 is 0 Å². The molecule has 0 N–H and O–H groups in total. The first-order chi connectivity index (χ1) is 5.65. The molecule has 1 rings (SSSR count). The van der Waals surface area contributed by atoms with Crippen LogP contribution in [0.3, 0.4) is 0 Å². The summed E-state index contributed by atoms with van der Waals surface area (Å²) in [4.78, 5) is 0. The van der Waals surface area contributed by atoms with E-state index in [9.17, 15) is 0 Å². The van der Waals surface area contributed by atoms with Crippen LogP contribution in [0.15, 0.2) is 11.6 Å². The fourth-order valence-corrected chi connectivity index (χ4v) is 2.04. The highest BCUT2D eigenvalue weighted by atomic mass is 14.4. The van der Waals surface area contributed by atoms with E-state index in [2.05, 4.69) is 33.8 Å². The molecule has 0 amide bonds. The maximum Gasteiger partial charge on any atom is -0.0140 e. The minimum Gasteiger partial charge on any atom is -0.0824 e. The molecule has 70 valence electrons. The molecule has 12 heavy (non-hydrogen) atoms. The predicted molar refractivity (Wildman–Crippen MR) is 55.1 cm³/mol.